The summed E-state index contributed by atoms with van der Waals surface area (Å²) in [6, 6.07) is 4.22. The molecule has 3 heterocycles. The van der Waals surface area contributed by atoms with Crippen LogP contribution in [0.3, 0.4) is 0 Å². The number of H-pyrrole nitrogens is 1. The summed E-state index contributed by atoms with van der Waals surface area (Å²) in [6.07, 6.45) is 10.7. The molecule has 0 spiro atoms. The molecule has 1 aliphatic heterocycles. The Bertz CT molecular complexity index is 950. The molecular weight excluding hydrogens is 404 g/mol. The van der Waals surface area contributed by atoms with Crippen molar-refractivity contribution in [2.75, 3.05) is 16.8 Å². The molecule has 172 valence electrons. The SMILES string of the molecule is Cc1cc(Nc2cc(C3CC3)[nH]n2)nc(N2CCC[C@@H](CC(=O)O)[C@@H]2C2CCCCC2)n1. The van der Waals surface area contributed by atoms with Gasteiger partial charge in [-0.3, -0.25) is 9.89 Å². The minimum Gasteiger partial charge on any atom is -0.481 e. The molecule has 0 amide bonds. The summed E-state index contributed by atoms with van der Waals surface area (Å²) in [7, 11) is 0. The Morgan fingerprint density at radius 1 is 1.09 bits per heavy atom. The lowest BCUT2D eigenvalue weighted by Gasteiger charge is -2.46. The maximum atomic E-state index is 11.6. The molecule has 3 aliphatic rings. The number of hydrogen-bond donors (Lipinski definition) is 3. The van der Waals surface area contributed by atoms with Gasteiger partial charge in [0.15, 0.2) is 5.82 Å². The summed E-state index contributed by atoms with van der Waals surface area (Å²) in [5.41, 5.74) is 2.08. The summed E-state index contributed by atoms with van der Waals surface area (Å²) in [5.74, 6) is 2.83. The molecule has 2 saturated carbocycles. The van der Waals surface area contributed by atoms with Crippen LogP contribution in [0.15, 0.2) is 12.1 Å². The second-order valence-corrected chi connectivity index (χ2v) is 9.88. The number of nitrogens with zero attached hydrogens (tertiary/aromatic N) is 4. The Labute approximate surface area is 189 Å². The van der Waals surface area contributed by atoms with E-state index in [0.717, 1.165) is 42.7 Å². The van der Waals surface area contributed by atoms with Gasteiger partial charge in [-0.05, 0) is 57.3 Å². The number of aliphatic carboxylic acids is 1. The molecule has 3 N–H and O–H groups in total. The standard InChI is InChI=1S/C24H34N6O2/c1-15-12-20(26-21-14-19(28-29-21)16-9-10-16)27-24(25-15)30-11-5-8-18(13-22(31)32)23(30)17-6-3-2-4-7-17/h12,14,16-18,23H,2-11,13H2,1H3,(H,31,32)(H2,25,26,27,28,29)/t18-,23-/m0/s1. The molecule has 0 radical (unpaired) electrons. The highest BCUT2D eigenvalue weighted by molar-refractivity contribution is 5.67. The first-order valence-electron chi connectivity index (χ1n) is 12.2. The summed E-state index contributed by atoms with van der Waals surface area (Å²) < 4.78 is 0. The van der Waals surface area contributed by atoms with Crippen molar-refractivity contribution in [2.24, 2.45) is 11.8 Å². The van der Waals surface area contributed by atoms with Gasteiger partial charge in [0, 0.05) is 42.0 Å². The van der Waals surface area contributed by atoms with Crippen LogP contribution in [0.25, 0.3) is 0 Å². The van der Waals surface area contributed by atoms with Crippen molar-refractivity contribution in [3.63, 3.8) is 0 Å². The van der Waals surface area contributed by atoms with E-state index in [0.29, 0.717) is 11.8 Å². The lowest BCUT2D eigenvalue weighted by atomic mass is 9.74. The summed E-state index contributed by atoms with van der Waals surface area (Å²) in [6.45, 7) is 2.87. The number of carboxylic acids is 1. The van der Waals surface area contributed by atoms with Crippen LogP contribution in [0.5, 0.6) is 0 Å². The van der Waals surface area contributed by atoms with E-state index < -0.39 is 5.97 Å². The highest BCUT2D eigenvalue weighted by atomic mass is 16.4. The normalized spacial score (nSPS) is 24.5. The van der Waals surface area contributed by atoms with Gasteiger partial charge in [-0.15, -0.1) is 0 Å². The van der Waals surface area contributed by atoms with Crippen LogP contribution >= 0.6 is 0 Å². The van der Waals surface area contributed by atoms with Crippen LogP contribution in [-0.4, -0.2) is 43.8 Å². The second-order valence-electron chi connectivity index (χ2n) is 9.88. The topological polar surface area (TPSA) is 107 Å². The zero-order valence-electron chi connectivity index (χ0n) is 18.9. The largest absolute Gasteiger partial charge is 0.481 e. The number of aromatic nitrogens is 4. The lowest BCUT2D eigenvalue weighted by Crippen LogP contribution is -2.51. The first-order chi connectivity index (χ1) is 15.6. The Hall–Kier alpha value is -2.64. The van der Waals surface area contributed by atoms with Crippen molar-refractivity contribution in [3.05, 3.63) is 23.5 Å². The second kappa shape index (κ2) is 9.08. The van der Waals surface area contributed by atoms with Crippen LogP contribution in [0, 0.1) is 18.8 Å². The lowest BCUT2D eigenvalue weighted by molar-refractivity contribution is -0.138. The zero-order valence-corrected chi connectivity index (χ0v) is 18.9. The number of nitrogens with one attached hydrogen (secondary N) is 2. The summed E-state index contributed by atoms with van der Waals surface area (Å²) >= 11 is 0. The molecule has 3 fully saturated rings. The molecule has 2 aromatic heterocycles. The fourth-order valence-electron chi connectivity index (χ4n) is 5.77. The number of piperidine rings is 1. The molecule has 5 rings (SSSR count). The first-order valence-corrected chi connectivity index (χ1v) is 12.2. The zero-order chi connectivity index (χ0) is 22.1. The number of rotatable bonds is 7. The van der Waals surface area contributed by atoms with Gasteiger partial charge in [0.2, 0.25) is 5.95 Å². The van der Waals surface area contributed by atoms with E-state index in [1.807, 2.05) is 13.0 Å². The molecule has 1 saturated heterocycles. The van der Waals surface area contributed by atoms with Crippen molar-refractivity contribution < 1.29 is 9.90 Å². The molecule has 32 heavy (non-hydrogen) atoms. The molecule has 0 aromatic carbocycles. The van der Waals surface area contributed by atoms with Gasteiger partial charge in [0.25, 0.3) is 0 Å². The van der Waals surface area contributed by atoms with Crippen molar-refractivity contribution in [2.45, 2.75) is 83.1 Å². The number of aryl methyl sites for hydroxylation is 1. The van der Waals surface area contributed by atoms with Crippen LogP contribution in [0.2, 0.25) is 0 Å². The third-order valence-electron chi connectivity index (χ3n) is 7.36. The Balaban J connectivity index is 1.41. The van der Waals surface area contributed by atoms with Crippen molar-refractivity contribution in [1.29, 1.82) is 0 Å². The quantitative estimate of drug-likeness (QED) is 0.571. The van der Waals surface area contributed by atoms with E-state index in [9.17, 15) is 9.90 Å². The van der Waals surface area contributed by atoms with Gasteiger partial charge >= 0.3 is 5.97 Å². The van der Waals surface area contributed by atoms with Crippen LogP contribution in [-0.2, 0) is 4.79 Å². The van der Waals surface area contributed by atoms with Crippen LogP contribution in [0.4, 0.5) is 17.6 Å². The molecule has 0 unspecified atom stereocenters. The minimum atomic E-state index is -0.699. The van der Waals surface area contributed by atoms with Crippen LogP contribution in [0.1, 0.15) is 81.5 Å². The number of hydrogen-bond acceptors (Lipinski definition) is 6. The van der Waals surface area contributed by atoms with Crippen LogP contribution < -0.4 is 10.2 Å². The molecule has 2 aliphatic carbocycles. The number of anilines is 3. The maximum absolute atomic E-state index is 11.6. The number of carboxylic acid groups (broad SMARTS) is 1. The number of aromatic amines is 1. The van der Waals surface area contributed by atoms with Crippen molar-refractivity contribution in [1.82, 2.24) is 20.2 Å². The fourth-order valence-corrected chi connectivity index (χ4v) is 5.77. The van der Waals surface area contributed by atoms with Gasteiger partial charge < -0.3 is 15.3 Å². The predicted molar refractivity (Wildman–Crippen MR) is 123 cm³/mol. The fraction of sp³-hybridized carbons (Fsp3) is 0.667. The molecule has 8 heteroatoms. The van der Waals surface area contributed by atoms with E-state index in [1.54, 1.807) is 0 Å². The highest BCUT2D eigenvalue weighted by Gasteiger charge is 2.39. The van der Waals surface area contributed by atoms with Gasteiger partial charge in [-0.25, -0.2) is 4.98 Å². The smallest absolute Gasteiger partial charge is 0.303 e. The average molecular weight is 439 g/mol. The Morgan fingerprint density at radius 2 is 1.91 bits per heavy atom. The van der Waals surface area contributed by atoms with Gasteiger partial charge in [0.05, 0.1) is 6.42 Å². The first kappa shape index (κ1) is 21.2. The monoisotopic (exact) mass is 438 g/mol. The van der Waals surface area contributed by atoms with Gasteiger partial charge in [-0.1, -0.05) is 19.3 Å². The van der Waals surface area contributed by atoms with E-state index in [1.165, 1.54) is 50.6 Å². The highest BCUT2D eigenvalue weighted by Crippen LogP contribution is 2.41. The van der Waals surface area contributed by atoms with Gasteiger partial charge in [0.1, 0.15) is 5.82 Å². The average Bonchev–Trinajstić information content (AvgIpc) is 3.52. The maximum Gasteiger partial charge on any atom is 0.303 e. The Morgan fingerprint density at radius 3 is 2.66 bits per heavy atom. The molecule has 2 aromatic rings. The van der Waals surface area contributed by atoms with E-state index in [-0.39, 0.29) is 18.4 Å². The van der Waals surface area contributed by atoms with Crippen molar-refractivity contribution >= 4 is 23.6 Å². The molecule has 0 bridgehead atoms. The molecule has 8 nitrogen and oxygen atoms in total. The van der Waals surface area contributed by atoms with Gasteiger partial charge in [-0.2, -0.15) is 10.1 Å². The molecule has 2 atom stereocenters. The third kappa shape index (κ3) is 4.74. The summed E-state index contributed by atoms with van der Waals surface area (Å²) in [5, 5.41) is 20.5. The number of carbonyl (C=O) groups is 1. The van der Waals surface area contributed by atoms with E-state index in [2.05, 4.69) is 26.5 Å². The van der Waals surface area contributed by atoms with E-state index >= 15 is 0 Å². The predicted octanol–water partition coefficient (Wildman–Crippen LogP) is 4.77. The van der Waals surface area contributed by atoms with Crippen molar-refractivity contribution in [3.8, 4) is 0 Å². The molecular formula is C24H34N6O2. The Kier molecular flexibility index (Phi) is 6.02. The third-order valence-corrected chi connectivity index (χ3v) is 7.36. The van der Waals surface area contributed by atoms with E-state index in [4.69, 9.17) is 9.97 Å². The minimum absolute atomic E-state index is 0.150. The summed E-state index contributed by atoms with van der Waals surface area (Å²) in [4.78, 5) is 23.6.